The summed E-state index contributed by atoms with van der Waals surface area (Å²) in [5.41, 5.74) is 1.86. The van der Waals surface area contributed by atoms with Crippen molar-refractivity contribution in [3.05, 3.63) is 0 Å². The predicted octanol–water partition coefficient (Wildman–Crippen LogP) is -0.670. The second-order valence-electron chi connectivity index (χ2n) is 3.13. The van der Waals surface area contributed by atoms with E-state index in [1.165, 1.54) is 0 Å². The third kappa shape index (κ3) is 2.62. The van der Waals surface area contributed by atoms with Crippen molar-refractivity contribution in [1.82, 2.24) is 10.3 Å². The van der Waals surface area contributed by atoms with Crippen LogP contribution in [0.4, 0.5) is 0 Å². The molecule has 0 aromatic heterocycles. The minimum atomic E-state index is -0.730. The lowest BCUT2D eigenvalue weighted by Gasteiger charge is -2.31. The Morgan fingerprint density at radius 2 is 2.36 bits per heavy atom. The Bertz CT molecular complexity index is 235. The molecule has 0 aromatic rings. The largest absolute Gasteiger partial charge is 0.332 e. The van der Waals surface area contributed by atoms with E-state index in [9.17, 15) is 9.59 Å². The van der Waals surface area contributed by atoms with Crippen molar-refractivity contribution in [2.45, 2.75) is 18.6 Å². The van der Waals surface area contributed by atoms with Crippen molar-refractivity contribution in [3.8, 4) is 0 Å². The zero-order chi connectivity index (χ0) is 10.6. The van der Waals surface area contributed by atoms with Crippen LogP contribution in [0.5, 0.6) is 0 Å². The molecule has 0 spiro atoms. The van der Waals surface area contributed by atoms with E-state index in [0.717, 1.165) is 12.2 Å². The normalized spacial score (nSPS) is 21.9. The number of nitrogens with two attached hydrogens (primary N) is 1. The summed E-state index contributed by atoms with van der Waals surface area (Å²) in [6.07, 6.45) is 1.01. The number of amides is 2. The zero-order valence-corrected chi connectivity index (χ0v) is 8.97. The zero-order valence-electron chi connectivity index (χ0n) is 8.16. The average Bonchev–Trinajstić information content (AvgIpc) is 2.27. The summed E-state index contributed by atoms with van der Waals surface area (Å²) < 4.78 is 0. The van der Waals surface area contributed by atoms with Gasteiger partial charge in [-0.25, -0.2) is 5.84 Å². The number of rotatable bonds is 1. The van der Waals surface area contributed by atoms with Gasteiger partial charge in [0.15, 0.2) is 0 Å². The molecular formula is C8H15N3O2S. The predicted molar refractivity (Wildman–Crippen MR) is 55.4 cm³/mol. The van der Waals surface area contributed by atoms with Gasteiger partial charge in [-0.05, 0) is 6.42 Å². The molecule has 1 aliphatic heterocycles. The summed E-state index contributed by atoms with van der Waals surface area (Å²) in [6, 6.07) is 0. The molecule has 2 amide bonds. The molecular weight excluding hydrogens is 202 g/mol. The summed E-state index contributed by atoms with van der Waals surface area (Å²) in [5, 5.41) is 0.443. The Balaban J connectivity index is 2.51. The monoisotopic (exact) mass is 217 g/mol. The highest BCUT2D eigenvalue weighted by Crippen LogP contribution is 2.20. The highest BCUT2D eigenvalue weighted by atomic mass is 32.2. The third-order valence-electron chi connectivity index (χ3n) is 2.21. The van der Waals surface area contributed by atoms with Gasteiger partial charge in [-0.15, -0.1) is 0 Å². The molecule has 0 radical (unpaired) electrons. The Labute approximate surface area is 87.4 Å². The van der Waals surface area contributed by atoms with Gasteiger partial charge in [0.05, 0.1) is 0 Å². The molecule has 1 unspecified atom stereocenters. The van der Waals surface area contributed by atoms with Crippen molar-refractivity contribution in [3.63, 3.8) is 0 Å². The van der Waals surface area contributed by atoms with Gasteiger partial charge in [0.25, 0.3) is 0 Å². The first-order valence-electron chi connectivity index (χ1n) is 4.60. The Hall–Kier alpha value is -0.750. The quantitative estimate of drug-likeness (QED) is 0.264. The molecule has 3 N–H and O–H groups in total. The number of nitrogens with zero attached hydrogens (tertiary/aromatic N) is 1. The van der Waals surface area contributed by atoms with Crippen LogP contribution in [0.25, 0.3) is 0 Å². The molecule has 0 saturated carbocycles. The number of hydrogen-bond donors (Lipinski definition) is 2. The average molecular weight is 217 g/mol. The Morgan fingerprint density at radius 3 is 2.93 bits per heavy atom. The summed E-state index contributed by atoms with van der Waals surface area (Å²) >= 11 is 1.85. The Morgan fingerprint density at radius 1 is 1.64 bits per heavy atom. The Kier molecular flexibility index (Phi) is 4.21. The fraction of sp³-hybridized carbons (Fsp3) is 0.750. The van der Waals surface area contributed by atoms with E-state index >= 15 is 0 Å². The van der Waals surface area contributed by atoms with Crippen molar-refractivity contribution in [2.75, 3.05) is 18.8 Å². The summed E-state index contributed by atoms with van der Waals surface area (Å²) in [7, 11) is 0. The van der Waals surface area contributed by atoms with Crippen LogP contribution < -0.4 is 11.3 Å². The van der Waals surface area contributed by atoms with Gasteiger partial charge >= 0.3 is 11.8 Å². The molecule has 1 aliphatic rings. The highest BCUT2D eigenvalue weighted by molar-refractivity contribution is 8.00. The number of carbonyl (C=O) groups is 2. The standard InChI is InChI=1S/C8H15N3O2S/c1-2-6-5-11(3-4-14-6)8(13)7(12)10-9/h6H,2-5,9H2,1H3,(H,10,12). The molecule has 1 atom stereocenters. The molecule has 0 aromatic carbocycles. The van der Waals surface area contributed by atoms with Gasteiger partial charge in [0.2, 0.25) is 0 Å². The molecule has 1 fully saturated rings. The van der Waals surface area contributed by atoms with Crippen molar-refractivity contribution < 1.29 is 9.59 Å². The van der Waals surface area contributed by atoms with Crippen LogP contribution in [0.3, 0.4) is 0 Å². The maximum Gasteiger partial charge on any atom is 0.323 e. The van der Waals surface area contributed by atoms with E-state index in [1.807, 2.05) is 17.2 Å². The van der Waals surface area contributed by atoms with E-state index in [-0.39, 0.29) is 0 Å². The van der Waals surface area contributed by atoms with E-state index < -0.39 is 11.8 Å². The third-order valence-corrected chi connectivity index (χ3v) is 3.58. The van der Waals surface area contributed by atoms with E-state index in [1.54, 1.807) is 4.90 Å². The maximum atomic E-state index is 11.4. The lowest BCUT2D eigenvalue weighted by molar-refractivity contribution is -0.145. The topological polar surface area (TPSA) is 75.4 Å². The van der Waals surface area contributed by atoms with Crippen molar-refractivity contribution >= 4 is 23.6 Å². The van der Waals surface area contributed by atoms with Crippen LogP contribution in [-0.2, 0) is 9.59 Å². The highest BCUT2D eigenvalue weighted by Gasteiger charge is 2.26. The molecule has 6 heteroatoms. The smallest absolute Gasteiger partial charge is 0.323 e. The number of hydrazine groups is 1. The molecule has 80 valence electrons. The first-order chi connectivity index (χ1) is 6.69. The number of carbonyl (C=O) groups excluding carboxylic acids is 2. The van der Waals surface area contributed by atoms with Crippen LogP contribution in [0.15, 0.2) is 0 Å². The van der Waals surface area contributed by atoms with Crippen LogP contribution in [-0.4, -0.2) is 40.8 Å². The molecule has 0 aliphatic carbocycles. The lowest BCUT2D eigenvalue weighted by Crippen LogP contribution is -2.49. The first-order valence-corrected chi connectivity index (χ1v) is 5.65. The van der Waals surface area contributed by atoms with E-state index in [2.05, 4.69) is 6.92 Å². The molecule has 1 saturated heterocycles. The van der Waals surface area contributed by atoms with E-state index in [0.29, 0.717) is 18.3 Å². The first kappa shape index (κ1) is 11.3. The van der Waals surface area contributed by atoms with Crippen LogP contribution >= 0.6 is 11.8 Å². The summed E-state index contributed by atoms with van der Waals surface area (Å²) in [5.74, 6) is 4.53. The SMILES string of the molecule is CCC1CN(C(=O)C(=O)NN)CCS1. The minimum absolute atomic E-state index is 0.443. The molecule has 0 bridgehead atoms. The fourth-order valence-corrected chi connectivity index (χ4v) is 2.54. The molecule has 5 nitrogen and oxygen atoms in total. The van der Waals surface area contributed by atoms with Gasteiger partial charge in [-0.2, -0.15) is 11.8 Å². The van der Waals surface area contributed by atoms with Crippen LogP contribution in [0.2, 0.25) is 0 Å². The molecule has 1 rings (SSSR count). The van der Waals surface area contributed by atoms with Crippen LogP contribution in [0.1, 0.15) is 13.3 Å². The second kappa shape index (κ2) is 5.21. The summed E-state index contributed by atoms with van der Waals surface area (Å²) in [6.45, 7) is 3.36. The van der Waals surface area contributed by atoms with Gasteiger partial charge in [-0.1, -0.05) is 6.92 Å². The van der Waals surface area contributed by atoms with Crippen molar-refractivity contribution in [2.24, 2.45) is 5.84 Å². The van der Waals surface area contributed by atoms with Gasteiger partial charge in [-0.3, -0.25) is 15.0 Å². The number of thioether (sulfide) groups is 1. The minimum Gasteiger partial charge on any atom is -0.332 e. The molecule has 1 heterocycles. The number of hydrogen-bond acceptors (Lipinski definition) is 4. The maximum absolute atomic E-state index is 11.4. The summed E-state index contributed by atoms with van der Waals surface area (Å²) in [4.78, 5) is 23.9. The number of nitrogens with one attached hydrogen (secondary N) is 1. The lowest BCUT2D eigenvalue weighted by atomic mass is 10.3. The van der Waals surface area contributed by atoms with Gasteiger partial charge in [0.1, 0.15) is 0 Å². The van der Waals surface area contributed by atoms with Crippen molar-refractivity contribution in [1.29, 1.82) is 0 Å². The van der Waals surface area contributed by atoms with Crippen LogP contribution in [0, 0.1) is 0 Å². The van der Waals surface area contributed by atoms with E-state index in [4.69, 9.17) is 5.84 Å². The molecule has 14 heavy (non-hydrogen) atoms. The van der Waals surface area contributed by atoms with Gasteiger partial charge in [0, 0.05) is 24.1 Å². The van der Waals surface area contributed by atoms with Gasteiger partial charge < -0.3 is 4.90 Å². The fourth-order valence-electron chi connectivity index (χ4n) is 1.36. The second-order valence-corrected chi connectivity index (χ2v) is 4.53.